The van der Waals surface area contributed by atoms with E-state index >= 15 is 0 Å². The number of carbonyl (C=O) groups excluding carboxylic acids is 2. The molecule has 144 valence electrons. The van der Waals surface area contributed by atoms with Crippen molar-refractivity contribution in [3.63, 3.8) is 0 Å². The number of hydrogen-bond acceptors (Lipinski definition) is 2. The number of benzene rings is 2. The van der Waals surface area contributed by atoms with Gasteiger partial charge in [0, 0.05) is 48.4 Å². The molecule has 2 aromatic carbocycles. The van der Waals surface area contributed by atoms with Crippen LogP contribution in [0.5, 0.6) is 0 Å². The number of hydrogen-bond donors (Lipinski definition) is 0. The Kier molecular flexibility index (Phi) is 6.90. The summed E-state index contributed by atoms with van der Waals surface area (Å²) in [7, 11) is 0. The molecule has 1 heterocycles. The molecular weight excluding hydrogens is 395 g/mol. The second-order valence-corrected chi connectivity index (χ2v) is 7.30. The molecule has 0 aliphatic carbocycles. The fourth-order valence-corrected chi connectivity index (χ4v) is 3.31. The third kappa shape index (κ3) is 5.72. The molecule has 3 rings (SSSR count). The highest BCUT2D eigenvalue weighted by Crippen LogP contribution is 2.14. The van der Waals surface area contributed by atoms with E-state index in [-0.39, 0.29) is 11.8 Å². The molecule has 0 atom stereocenters. The molecule has 28 heavy (non-hydrogen) atoms. The number of halogens is 2. The Bertz CT molecular complexity index is 841. The average molecular weight is 415 g/mol. The summed E-state index contributed by atoms with van der Waals surface area (Å²) < 4.78 is 0. The first-order valence-corrected chi connectivity index (χ1v) is 9.72. The Balaban J connectivity index is 1.50. The molecule has 0 spiro atoms. The Morgan fingerprint density at radius 2 is 1.11 bits per heavy atom. The van der Waals surface area contributed by atoms with Gasteiger partial charge in [0.25, 0.3) is 0 Å². The first-order valence-electron chi connectivity index (χ1n) is 8.96. The van der Waals surface area contributed by atoms with Crippen LogP contribution in [0.2, 0.25) is 10.0 Å². The third-order valence-corrected chi connectivity index (χ3v) is 4.91. The topological polar surface area (TPSA) is 40.6 Å². The zero-order chi connectivity index (χ0) is 19.9. The van der Waals surface area contributed by atoms with Crippen molar-refractivity contribution in [3.05, 3.63) is 81.9 Å². The van der Waals surface area contributed by atoms with Gasteiger partial charge in [0.1, 0.15) is 0 Å². The van der Waals surface area contributed by atoms with E-state index < -0.39 is 0 Å². The van der Waals surface area contributed by atoms with E-state index in [4.69, 9.17) is 23.2 Å². The second-order valence-electron chi connectivity index (χ2n) is 6.43. The van der Waals surface area contributed by atoms with Gasteiger partial charge in [-0.15, -0.1) is 0 Å². The van der Waals surface area contributed by atoms with Gasteiger partial charge in [-0.25, -0.2) is 0 Å². The lowest BCUT2D eigenvalue weighted by Gasteiger charge is -2.33. The van der Waals surface area contributed by atoms with E-state index in [1.165, 1.54) is 0 Å². The maximum absolute atomic E-state index is 12.4. The fourth-order valence-electron chi connectivity index (χ4n) is 2.91. The Morgan fingerprint density at radius 1 is 0.714 bits per heavy atom. The molecule has 2 amide bonds. The zero-order valence-electron chi connectivity index (χ0n) is 15.2. The van der Waals surface area contributed by atoms with E-state index in [0.717, 1.165) is 11.1 Å². The summed E-state index contributed by atoms with van der Waals surface area (Å²) in [6.45, 7) is 2.04. The molecule has 0 aromatic heterocycles. The Morgan fingerprint density at radius 3 is 1.46 bits per heavy atom. The molecule has 6 heteroatoms. The maximum atomic E-state index is 12.4. The first-order chi connectivity index (χ1) is 13.5. The van der Waals surface area contributed by atoms with Gasteiger partial charge in [0.05, 0.1) is 0 Å². The maximum Gasteiger partial charge on any atom is 0.246 e. The molecule has 1 saturated heterocycles. The van der Waals surface area contributed by atoms with Crippen molar-refractivity contribution in [3.8, 4) is 0 Å². The zero-order valence-corrected chi connectivity index (χ0v) is 16.7. The summed E-state index contributed by atoms with van der Waals surface area (Å²) in [5, 5.41) is 1.26. The van der Waals surface area contributed by atoms with Gasteiger partial charge < -0.3 is 9.80 Å². The fraction of sp³-hybridized carbons (Fsp3) is 0.182. The van der Waals surface area contributed by atoms with Crippen LogP contribution in [0, 0.1) is 0 Å². The minimum atomic E-state index is -0.0680. The molecule has 4 nitrogen and oxygen atoms in total. The van der Waals surface area contributed by atoms with Crippen LogP contribution in [0.4, 0.5) is 0 Å². The molecule has 0 N–H and O–H groups in total. The van der Waals surface area contributed by atoms with Crippen LogP contribution in [0.3, 0.4) is 0 Å². The number of rotatable bonds is 4. The Labute approximate surface area is 174 Å². The molecular formula is C22H20Cl2N2O2. The smallest absolute Gasteiger partial charge is 0.246 e. The molecule has 2 aromatic rings. The van der Waals surface area contributed by atoms with Gasteiger partial charge in [-0.1, -0.05) is 47.5 Å². The number of piperazine rings is 1. The van der Waals surface area contributed by atoms with Gasteiger partial charge in [0.15, 0.2) is 0 Å². The minimum absolute atomic E-state index is 0.0680. The SMILES string of the molecule is O=C(C=Cc1cccc(Cl)c1)N1CCN(C(=O)C=Cc2cccc(Cl)c2)CC1. The summed E-state index contributed by atoms with van der Waals surface area (Å²) in [6, 6.07) is 14.6. The van der Waals surface area contributed by atoms with Crippen LogP contribution in [-0.2, 0) is 9.59 Å². The van der Waals surface area contributed by atoms with Crippen LogP contribution < -0.4 is 0 Å². The quantitative estimate of drug-likeness (QED) is 0.695. The predicted octanol–water partition coefficient (Wildman–Crippen LogP) is 4.39. The number of carbonyl (C=O) groups is 2. The van der Waals surface area contributed by atoms with Gasteiger partial charge in [0.2, 0.25) is 11.8 Å². The van der Waals surface area contributed by atoms with Crippen molar-refractivity contribution in [1.82, 2.24) is 9.80 Å². The van der Waals surface area contributed by atoms with E-state index in [1.807, 2.05) is 24.3 Å². The average Bonchev–Trinajstić information content (AvgIpc) is 2.70. The van der Waals surface area contributed by atoms with E-state index in [0.29, 0.717) is 36.2 Å². The van der Waals surface area contributed by atoms with Gasteiger partial charge in [-0.05, 0) is 47.5 Å². The van der Waals surface area contributed by atoms with Crippen molar-refractivity contribution in [2.45, 2.75) is 0 Å². The molecule has 0 unspecified atom stereocenters. The number of nitrogens with zero attached hydrogens (tertiary/aromatic N) is 2. The molecule has 0 bridgehead atoms. The predicted molar refractivity (Wildman–Crippen MR) is 114 cm³/mol. The summed E-state index contributed by atoms with van der Waals surface area (Å²) in [5.41, 5.74) is 1.75. The minimum Gasteiger partial charge on any atom is -0.336 e. The molecule has 1 aliphatic rings. The normalized spacial score (nSPS) is 14.8. The summed E-state index contributed by atoms with van der Waals surface area (Å²) in [4.78, 5) is 28.2. The lowest BCUT2D eigenvalue weighted by atomic mass is 10.2. The standard InChI is InChI=1S/C22H20Cl2N2O2/c23-19-5-1-3-17(15-19)7-9-21(27)25-11-13-26(14-12-25)22(28)10-8-18-4-2-6-20(24)16-18/h1-10,15-16H,11-14H2. The summed E-state index contributed by atoms with van der Waals surface area (Å²) >= 11 is 11.9. The molecule has 1 fully saturated rings. The lowest BCUT2D eigenvalue weighted by Crippen LogP contribution is -2.49. The van der Waals surface area contributed by atoms with Crippen molar-refractivity contribution in [2.75, 3.05) is 26.2 Å². The highest BCUT2D eigenvalue weighted by Gasteiger charge is 2.21. The lowest BCUT2D eigenvalue weighted by molar-refractivity contribution is -0.133. The monoisotopic (exact) mass is 414 g/mol. The highest BCUT2D eigenvalue weighted by molar-refractivity contribution is 6.31. The van der Waals surface area contributed by atoms with E-state index in [2.05, 4.69) is 0 Å². The third-order valence-electron chi connectivity index (χ3n) is 4.44. The van der Waals surface area contributed by atoms with Crippen molar-refractivity contribution in [1.29, 1.82) is 0 Å². The van der Waals surface area contributed by atoms with Crippen LogP contribution in [0.25, 0.3) is 12.2 Å². The van der Waals surface area contributed by atoms with Gasteiger partial charge in [-0.3, -0.25) is 9.59 Å². The van der Waals surface area contributed by atoms with Crippen LogP contribution in [-0.4, -0.2) is 47.8 Å². The van der Waals surface area contributed by atoms with Gasteiger partial charge >= 0.3 is 0 Å². The second kappa shape index (κ2) is 9.58. The van der Waals surface area contributed by atoms with E-state index in [1.54, 1.807) is 58.4 Å². The van der Waals surface area contributed by atoms with E-state index in [9.17, 15) is 9.59 Å². The van der Waals surface area contributed by atoms with Crippen molar-refractivity contribution < 1.29 is 9.59 Å². The summed E-state index contributed by atoms with van der Waals surface area (Å²) in [5.74, 6) is -0.136. The van der Waals surface area contributed by atoms with Crippen LogP contribution in [0.15, 0.2) is 60.7 Å². The highest BCUT2D eigenvalue weighted by atomic mass is 35.5. The van der Waals surface area contributed by atoms with Crippen LogP contribution >= 0.6 is 23.2 Å². The molecule has 0 saturated carbocycles. The van der Waals surface area contributed by atoms with Crippen molar-refractivity contribution in [2.24, 2.45) is 0 Å². The van der Waals surface area contributed by atoms with Crippen molar-refractivity contribution >= 4 is 47.2 Å². The first kappa shape index (κ1) is 20.2. The summed E-state index contributed by atoms with van der Waals surface area (Å²) in [6.07, 6.45) is 6.59. The molecule has 1 aliphatic heterocycles. The number of amides is 2. The van der Waals surface area contributed by atoms with Crippen LogP contribution in [0.1, 0.15) is 11.1 Å². The Hall–Kier alpha value is -2.56. The molecule has 0 radical (unpaired) electrons. The largest absolute Gasteiger partial charge is 0.336 e. The van der Waals surface area contributed by atoms with Gasteiger partial charge in [-0.2, -0.15) is 0 Å².